The zero-order valence-electron chi connectivity index (χ0n) is 14.9. The Bertz CT molecular complexity index is 768. The van der Waals surface area contributed by atoms with Crippen molar-refractivity contribution in [2.24, 2.45) is 0 Å². The summed E-state index contributed by atoms with van der Waals surface area (Å²) in [5, 5.41) is 2.87. The van der Waals surface area contributed by atoms with Gasteiger partial charge in [-0.15, -0.1) is 0 Å². The van der Waals surface area contributed by atoms with E-state index in [1.807, 2.05) is 18.7 Å². The van der Waals surface area contributed by atoms with Crippen LogP contribution in [0.25, 0.3) is 4.85 Å². The number of carbonyl (C=O) groups excluding carboxylic acids is 2. The smallest absolute Gasteiger partial charge is 0.284 e. The molecular weight excluding hydrogens is 320 g/mol. The van der Waals surface area contributed by atoms with E-state index in [-0.39, 0.29) is 24.0 Å². The fourth-order valence-corrected chi connectivity index (χ4v) is 3.36. The third kappa shape index (κ3) is 2.83. The van der Waals surface area contributed by atoms with Crippen molar-refractivity contribution in [3.05, 3.63) is 35.2 Å². The third-order valence-electron chi connectivity index (χ3n) is 4.75. The molecule has 3 rings (SSSR count). The fourth-order valence-electron chi connectivity index (χ4n) is 3.36. The number of fused-ring (bicyclic) bond motifs is 1. The predicted octanol–water partition coefficient (Wildman–Crippen LogP) is 1.82. The lowest BCUT2D eigenvalue weighted by atomic mass is 9.98. The summed E-state index contributed by atoms with van der Waals surface area (Å²) >= 11 is 0. The van der Waals surface area contributed by atoms with E-state index >= 15 is 0 Å². The van der Waals surface area contributed by atoms with Crippen LogP contribution < -0.4 is 10.1 Å². The molecule has 1 aromatic carbocycles. The van der Waals surface area contributed by atoms with Gasteiger partial charge >= 0.3 is 0 Å². The maximum absolute atomic E-state index is 12.7. The number of rotatable bonds is 2. The van der Waals surface area contributed by atoms with Crippen molar-refractivity contribution < 1.29 is 14.3 Å². The van der Waals surface area contributed by atoms with Crippen molar-refractivity contribution in [2.45, 2.75) is 38.1 Å². The molecule has 0 radical (unpaired) electrons. The molecule has 2 amide bonds. The van der Waals surface area contributed by atoms with E-state index in [1.54, 1.807) is 32.3 Å². The highest BCUT2D eigenvalue weighted by atomic mass is 16.5. The summed E-state index contributed by atoms with van der Waals surface area (Å²) in [6.45, 7) is 11.8. The molecule has 1 saturated heterocycles. The number of hydrogen-bond donors (Lipinski definition) is 1. The number of amides is 2. The number of nitrogens with zero attached hydrogens (tertiary/aromatic N) is 3. The van der Waals surface area contributed by atoms with Gasteiger partial charge in [-0.3, -0.25) is 14.4 Å². The second-order valence-corrected chi connectivity index (χ2v) is 7.04. The first kappa shape index (κ1) is 17.2. The molecule has 2 atom stereocenters. The lowest BCUT2D eigenvalue weighted by Crippen LogP contribution is -2.53. The molecule has 1 N–H and O–H groups in total. The molecule has 2 aliphatic rings. The average molecular weight is 342 g/mol. The monoisotopic (exact) mass is 342 g/mol. The van der Waals surface area contributed by atoms with E-state index in [1.165, 1.54) is 4.90 Å². The highest BCUT2D eigenvalue weighted by Gasteiger charge is 2.57. The second kappa shape index (κ2) is 6.05. The van der Waals surface area contributed by atoms with Crippen LogP contribution in [0, 0.1) is 6.57 Å². The predicted molar refractivity (Wildman–Crippen MR) is 93.3 cm³/mol. The second-order valence-electron chi connectivity index (χ2n) is 7.04. The van der Waals surface area contributed by atoms with Crippen LogP contribution in [0.3, 0.4) is 0 Å². The van der Waals surface area contributed by atoms with Crippen molar-refractivity contribution >= 4 is 17.5 Å². The van der Waals surface area contributed by atoms with E-state index < -0.39 is 5.60 Å². The number of ether oxygens (including phenoxy) is 1. The molecule has 0 aliphatic carbocycles. The Morgan fingerprint density at radius 2 is 2.20 bits per heavy atom. The summed E-state index contributed by atoms with van der Waals surface area (Å²) in [4.78, 5) is 32.0. The van der Waals surface area contributed by atoms with Crippen LogP contribution in [0.15, 0.2) is 18.2 Å². The van der Waals surface area contributed by atoms with Crippen LogP contribution in [-0.4, -0.2) is 60.1 Å². The average Bonchev–Trinajstić information content (AvgIpc) is 2.95. The maximum Gasteiger partial charge on any atom is 0.284 e. The van der Waals surface area contributed by atoms with Gasteiger partial charge in [0.1, 0.15) is 5.75 Å². The minimum atomic E-state index is -1.09. The third-order valence-corrected chi connectivity index (χ3v) is 4.75. The summed E-state index contributed by atoms with van der Waals surface area (Å²) in [6.07, 6.45) is -0.0786. The molecular formula is C18H22N4O3. The van der Waals surface area contributed by atoms with E-state index in [0.717, 1.165) is 0 Å². The van der Waals surface area contributed by atoms with Gasteiger partial charge in [0.05, 0.1) is 18.7 Å². The van der Waals surface area contributed by atoms with Gasteiger partial charge in [-0.1, -0.05) is 0 Å². The molecule has 1 spiro atoms. The Labute approximate surface area is 147 Å². The molecule has 7 nitrogen and oxygen atoms in total. The van der Waals surface area contributed by atoms with Crippen molar-refractivity contribution in [2.75, 3.05) is 26.0 Å². The summed E-state index contributed by atoms with van der Waals surface area (Å²) in [7, 11) is 3.37. The summed E-state index contributed by atoms with van der Waals surface area (Å²) < 4.78 is 6.11. The number of hydrogen-bond acceptors (Lipinski definition) is 4. The van der Waals surface area contributed by atoms with Crippen LogP contribution in [0.2, 0.25) is 0 Å². The van der Waals surface area contributed by atoms with Crippen LogP contribution in [0.5, 0.6) is 5.75 Å². The summed E-state index contributed by atoms with van der Waals surface area (Å²) in [5.74, 6) is 0.108. The largest absolute Gasteiger partial charge is 0.473 e. The summed E-state index contributed by atoms with van der Waals surface area (Å²) in [5.41, 5.74) is -0.0458. The van der Waals surface area contributed by atoms with Gasteiger partial charge in [0.15, 0.2) is 0 Å². The Kier molecular flexibility index (Phi) is 4.17. The SMILES string of the molecule is [C-]#[N+][C@@H]1C[C@]2(CN1C(C)C)Oc1cc(C(=O)N(C)C)ccc1NC2=O. The highest BCUT2D eigenvalue weighted by Crippen LogP contribution is 2.41. The van der Waals surface area contributed by atoms with Crippen molar-refractivity contribution in [3.8, 4) is 5.75 Å². The molecule has 132 valence electrons. The molecule has 7 heteroatoms. The van der Waals surface area contributed by atoms with Crippen LogP contribution in [0.4, 0.5) is 5.69 Å². The Hall–Kier alpha value is -2.59. The van der Waals surface area contributed by atoms with Crippen LogP contribution >= 0.6 is 0 Å². The molecule has 1 fully saturated rings. The maximum atomic E-state index is 12.7. The molecule has 25 heavy (non-hydrogen) atoms. The van der Waals surface area contributed by atoms with Crippen molar-refractivity contribution in [1.29, 1.82) is 0 Å². The molecule has 0 aromatic heterocycles. The first-order chi connectivity index (χ1) is 11.8. The van der Waals surface area contributed by atoms with Gasteiger partial charge in [0.2, 0.25) is 5.60 Å². The van der Waals surface area contributed by atoms with E-state index in [0.29, 0.717) is 30.0 Å². The quantitative estimate of drug-likeness (QED) is 0.833. The van der Waals surface area contributed by atoms with Gasteiger partial charge in [-0.25, -0.2) is 11.5 Å². The topological polar surface area (TPSA) is 66.2 Å². The van der Waals surface area contributed by atoms with Gasteiger partial charge in [-0.2, -0.15) is 0 Å². The number of nitrogens with one attached hydrogen (secondary N) is 1. The number of likely N-dealkylation sites (tertiary alicyclic amines) is 1. The summed E-state index contributed by atoms with van der Waals surface area (Å²) in [6, 6.07) is 5.14. The molecule has 0 bridgehead atoms. The molecule has 1 aromatic rings. The number of benzene rings is 1. The Morgan fingerprint density at radius 1 is 1.48 bits per heavy atom. The van der Waals surface area contributed by atoms with Gasteiger partial charge in [-0.05, 0) is 32.0 Å². The zero-order chi connectivity index (χ0) is 18.4. The number of anilines is 1. The Morgan fingerprint density at radius 3 is 2.76 bits per heavy atom. The standard InChI is InChI=1S/C18H22N4O3/c1-11(2)22-10-18(9-15(22)19-3)17(24)20-13-7-6-12(8-14(13)25-18)16(23)21(4)5/h6-8,11,15H,9-10H2,1-2,4-5H3,(H,20,24)/t15-,18+/m0/s1. The van der Waals surface area contributed by atoms with Crippen molar-refractivity contribution in [1.82, 2.24) is 9.80 Å². The molecule has 2 aliphatic heterocycles. The van der Waals surface area contributed by atoms with E-state index in [2.05, 4.69) is 10.2 Å². The molecule has 0 saturated carbocycles. The minimum absolute atomic E-state index is 0.133. The highest BCUT2D eigenvalue weighted by molar-refractivity contribution is 6.02. The fraction of sp³-hybridized carbons (Fsp3) is 0.500. The normalized spacial score (nSPS) is 25.3. The lowest BCUT2D eigenvalue weighted by Gasteiger charge is -2.34. The molecule has 2 heterocycles. The van der Waals surface area contributed by atoms with Crippen molar-refractivity contribution in [3.63, 3.8) is 0 Å². The molecule has 0 unspecified atom stereocenters. The Balaban J connectivity index is 1.95. The zero-order valence-corrected chi connectivity index (χ0v) is 14.9. The van der Waals surface area contributed by atoms with Gasteiger partial charge in [0, 0.05) is 25.7 Å². The van der Waals surface area contributed by atoms with Crippen LogP contribution in [0.1, 0.15) is 30.6 Å². The minimum Gasteiger partial charge on any atom is -0.473 e. The number of carbonyl (C=O) groups is 2. The van der Waals surface area contributed by atoms with Crippen LogP contribution in [-0.2, 0) is 4.79 Å². The van der Waals surface area contributed by atoms with Gasteiger partial charge in [0.25, 0.3) is 18.0 Å². The van der Waals surface area contributed by atoms with Gasteiger partial charge < -0.3 is 15.0 Å². The first-order valence-electron chi connectivity index (χ1n) is 8.26. The lowest BCUT2D eigenvalue weighted by molar-refractivity contribution is -0.131. The van der Waals surface area contributed by atoms with E-state index in [4.69, 9.17) is 11.3 Å². The van der Waals surface area contributed by atoms with E-state index in [9.17, 15) is 9.59 Å². The first-order valence-corrected chi connectivity index (χ1v) is 8.26.